The zero-order valence-electron chi connectivity index (χ0n) is 17.6. The molecule has 0 atom stereocenters. The lowest BCUT2D eigenvalue weighted by molar-refractivity contribution is -0.188. The predicted octanol–water partition coefficient (Wildman–Crippen LogP) is 4.36. The summed E-state index contributed by atoms with van der Waals surface area (Å²) in [5.41, 5.74) is 1.24. The van der Waals surface area contributed by atoms with Crippen molar-refractivity contribution in [3.05, 3.63) is 34.9 Å². The van der Waals surface area contributed by atoms with Crippen LogP contribution >= 0.6 is 0 Å². The average molecular weight is 507 g/mol. The van der Waals surface area contributed by atoms with Crippen LogP contribution in [0.15, 0.2) is 18.2 Å². The van der Waals surface area contributed by atoms with E-state index in [9.17, 15) is 49.1 Å². The lowest BCUT2D eigenvalue weighted by Gasteiger charge is -2.37. The molecule has 0 radical (unpaired) electrons. The molecule has 2 rings (SSSR count). The molecular formula is C20H22F9N3O2. The van der Waals surface area contributed by atoms with Gasteiger partial charge in [0.05, 0.1) is 11.1 Å². The van der Waals surface area contributed by atoms with E-state index in [1.807, 2.05) is 0 Å². The molecule has 1 aromatic rings. The Kier molecular flexibility index (Phi) is 8.48. The number of hydrogen-bond acceptors (Lipinski definition) is 3. The van der Waals surface area contributed by atoms with Gasteiger partial charge in [-0.1, -0.05) is 0 Å². The van der Waals surface area contributed by atoms with Gasteiger partial charge in [-0.2, -0.15) is 39.5 Å². The maximum atomic E-state index is 13.0. The molecule has 0 unspecified atom stereocenters. The van der Waals surface area contributed by atoms with Gasteiger partial charge in [-0.3, -0.25) is 9.59 Å². The van der Waals surface area contributed by atoms with E-state index in [1.54, 1.807) is 0 Å². The summed E-state index contributed by atoms with van der Waals surface area (Å²) >= 11 is 0. The van der Waals surface area contributed by atoms with Crippen molar-refractivity contribution < 1.29 is 49.1 Å². The number of nitrogens with one attached hydrogen (secondary N) is 1. The third-order valence-electron chi connectivity index (χ3n) is 5.53. The molecule has 192 valence electrons. The summed E-state index contributed by atoms with van der Waals surface area (Å²) in [4.78, 5) is 24.6. The van der Waals surface area contributed by atoms with Gasteiger partial charge in [0.25, 0.3) is 5.91 Å². The highest BCUT2D eigenvalue weighted by Crippen LogP contribution is 2.36. The number of carbonyl (C=O) groups is 2. The summed E-state index contributed by atoms with van der Waals surface area (Å²) in [5, 5.41) is 2.29. The molecule has 14 heteroatoms. The van der Waals surface area contributed by atoms with E-state index in [2.05, 4.69) is 5.32 Å². The van der Waals surface area contributed by atoms with Crippen LogP contribution in [0.4, 0.5) is 39.5 Å². The van der Waals surface area contributed by atoms with Crippen molar-refractivity contribution in [2.24, 2.45) is 11.7 Å². The molecule has 1 aliphatic carbocycles. The molecule has 34 heavy (non-hydrogen) atoms. The summed E-state index contributed by atoms with van der Waals surface area (Å²) in [6.07, 6.45) is -14.3. The highest BCUT2D eigenvalue weighted by Gasteiger charge is 2.45. The normalized spacial score (nSPS) is 19.6. The summed E-state index contributed by atoms with van der Waals surface area (Å²) in [6, 6.07) is -0.181. The number of nitrogens with zero attached hydrogens (tertiary/aromatic N) is 1. The number of halogens is 9. The standard InChI is InChI=1S/C20H22F9N3O2/c21-18(22,23)13-7-12(8-14(9-13)19(24,25)26)16(33)31-10-11-1-3-15(4-2-11)32(6-5-30)17(34)20(27,28)29/h7-9,11,15H,1-6,10,30H2,(H,31,33). The van der Waals surface area contributed by atoms with E-state index in [4.69, 9.17) is 5.73 Å². The first-order valence-corrected chi connectivity index (χ1v) is 10.2. The lowest BCUT2D eigenvalue weighted by atomic mass is 9.85. The van der Waals surface area contributed by atoms with Crippen LogP contribution in [0, 0.1) is 5.92 Å². The second-order valence-electron chi connectivity index (χ2n) is 7.96. The Bertz CT molecular complexity index is 841. The van der Waals surface area contributed by atoms with Crippen LogP contribution < -0.4 is 11.1 Å². The fourth-order valence-corrected chi connectivity index (χ4v) is 3.84. The highest BCUT2D eigenvalue weighted by atomic mass is 19.4. The minimum Gasteiger partial charge on any atom is -0.352 e. The van der Waals surface area contributed by atoms with Crippen molar-refractivity contribution in [1.82, 2.24) is 10.2 Å². The molecule has 1 saturated carbocycles. The molecule has 5 nitrogen and oxygen atoms in total. The molecule has 0 saturated heterocycles. The van der Waals surface area contributed by atoms with Crippen molar-refractivity contribution in [3.63, 3.8) is 0 Å². The van der Waals surface area contributed by atoms with Crippen LogP contribution in [0.5, 0.6) is 0 Å². The smallest absolute Gasteiger partial charge is 0.352 e. The highest BCUT2D eigenvalue weighted by molar-refractivity contribution is 5.94. The fourth-order valence-electron chi connectivity index (χ4n) is 3.84. The minimum atomic E-state index is -5.10. The van der Waals surface area contributed by atoms with Crippen molar-refractivity contribution >= 4 is 11.8 Å². The maximum absolute atomic E-state index is 13.0. The average Bonchev–Trinajstić information content (AvgIpc) is 2.73. The van der Waals surface area contributed by atoms with Gasteiger partial charge in [-0.15, -0.1) is 0 Å². The first-order chi connectivity index (χ1) is 15.5. The van der Waals surface area contributed by atoms with Crippen LogP contribution in [-0.2, 0) is 17.1 Å². The Morgan fingerprint density at radius 3 is 1.79 bits per heavy atom. The molecule has 1 aromatic carbocycles. The topological polar surface area (TPSA) is 75.4 Å². The number of carbonyl (C=O) groups excluding carboxylic acids is 2. The Labute approximate surface area is 188 Å². The SMILES string of the molecule is NCCN(C(=O)C(F)(F)F)C1CCC(CNC(=O)c2cc(C(F)(F)F)cc(C(F)(F)F)c2)CC1. The zero-order valence-corrected chi connectivity index (χ0v) is 17.6. The van der Waals surface area contributed by atoms with Gasteiger partial charge in [0.15, 0.2) is 0 Å². The van der Waals surface area contributed by atoms with Gasteiger partial charge < -0.3 is 16.0 Å². The number of amides is 2. The summed E-state index contributed by atoms with van der Waals surface area (Å²) in [7, 11) is 0. The maximum Gasteiger partial charge on any atom is 0.471 e. The van der Waals surface area contributed by atoms with Crippen LogP contribution in [0.1, 0.15) is 47.2 Å². The Morgan fingerprint density at radius 1 is 0.882 bits per heavy atom. The molecule has 0 spiro atoms. The summed E-state index contributed by atoms with van der Waals surface area (Å²) < 4.78 is 116. The number of alkyl halides is 9. The quantitative estimate of drug-likeness (QED) is 0.562. The first-order valence-electron chi connectivity index (χ1n) is 10.2. The van der Waals surface area contributed by atoms with Crippen molar-refractivity contribution in [2.45, 2.75) is 50.3 Å². The van der Waals surface area contributed by atoms with E-state index < -0.39 is 53.1 Å². The van der Waals surface area contributed by atoms with E-state index in [0.29, 0.717) is 17.0 Å². The molecule has 3 N–H and O–H groups in total. The Hall–Kier alpha value is -2.51. The molecule has 0 aliphatic heterocycles. The Balaban J connectivity index is 2.02. The van der Waals surface area contributed by atoms with Gasteiger partial charge in [0, 0.05) is 31.2 Å². The number of hydrogen-bond donors (Lipinski definition) is 2. The molecule has 1 fully saturated rings. The van der Waals surface area contributed by atoms with Crippen molar-refractivity contribution in [2.75, 3.05) is 19.6 Å². The van der Waals surface area contributed by atoms with Crippen LogP contribution in [0.25, 0.3) is 0 Å². The van der Waals surface area contributed by atoms with E-state index >= 15 is 0 Å². The van der Waals surface area contributed by atoms with Crippen LogP contribution in [0.3, 0.4) is 0 Å². The van der Waals surface area contributed by atoms with Gasteiger partial charge >= 0.3 is 24.4 Å². The zero-order chi connectivity index (χ0) is 25.9. The largest absolute Gasteiger partial charge is 0.471 e. The molecule has 0 bridgehead atoms. The number of benzene rings is 1. The van der Waals surface area contributed by atoms with Crippen LogP contribution in [-0.4, -0.2) is 48.6 Å². The third kappa shape index (κ3) is 7.24. The van der Waals surface area contributed by atoms with Crippen molar-refractivity contribution in [3.8, 4) is 0 Å². The molecule has 2 amide bonds. The fraction of sp³-hybridized carbons (Fsp3) is 0.600. The molecule has 0 heterocycles. The predicted molar refractivity (Wildman–Crippen MR) is 101 cm³/mol. The molecule has 1 aliphatic rings. The summed E-state index contributed by atoms with van der Waals surface area (Å²) in [5.74, 6) is -3.43. The van der Waals surface area contributed by atoms with Gasteiger partial charge in [0.1, 0.15) is 0 Å². The minimum absolute atomic E-state index is 0.0899. The van der Waals surface area contributed by atoms with Gasteiger partial charge in [0.2, 0.25) is 0 Å². The number of nitrogens with two attached hydrogens (primary N) is 1. The van der Waals surface area contributed by atoms with Gasteiger partial charge in [-0.25, -0.2) is 0 Å². The first kappa shape index (κ1) is 27.7. The van der Waals surface area contributed by atoms with E-state index in [-0.39, 0.29) is 57.3 Å². The second-order valence-corrected chi connectivity index (χ2v) is 7.96. The van der Waals surface area contributed by atoms with Gasteiger partial charge in [-0.05, 0) is 49.8 Å². The third-order valence-corrected chi connectivity index (χ3v) is 5.53. The lowest BCUT2D eigenvalue weighted by Crippen LogP contribution is -2.50. The molecule has 0 aromatic heterocycles. The second kappa shape index (κ2) is 10.4. The summed E-state index contributed by atoms with van der Waals surface area (Å²) in [6.45, 7) is -0.566. The Morgan fingerprint density at radius 2 is 1.38 bits per heavy atom. The monoisotopic (exact) mass is 507 g/mol. The number of rotatable bonds is 6. The van der Waals surface area contributed by atoms with Crippen molar-refractivity contribution in [1.29, 1.82) is 0 Å². The van der Waals surface area contributed by atoms with Crippen LogP contribution in [0.2, 0.25) is 0 Å². The molecular weight excluding hydrogens is 485 g/mol. The van der Waals surface area contributed by atoms with E-state index in [0.717, 1.165) is 0 Å². The van der Waals surface area contributed by atoms with E-state index in [1.165, 1.54) is 0 Å².